The maximum absolute atomic E-state index is 6.09. The molecule has 2 aromatic rings. The van der Waals surface area contributed by atoms with Crippen molar-refractivity contribution >= 4 is 28.3 Å². The smallest absolute Gasteiger partial charge is 0.224 e. The fraction of sp³-hybridized carbons (Fsp3) is 0.467. The van der Waals surface area contributed by atoms with E-state index in [-0.39, 0.29) is 0 Å². The van der Waals surface area contributed by atoms with Gasteiger partial charge in [-0.3, -0.25) is 0 Å². The molecule has 0 radical (unpaired) electrons. The number of likely N-dealkylation sites (N-methyl/N-ethyl adjacent to an activating group) is 1. The van der Waals surface area contributed by atoms with E-state index in [1.807, 2.05) is 12.1 Å². The quantitative estimate of drug-likeness (QED) is 0.883. The summed E-state index contributed by atoms with van der Waals surface area (Å²) in [6, 6.07) is 6.64. The Kier molecular flexibility index (Phi) is 3.76. The van der Waals surface area contributed by atoms with E-state index in [0.29, 0.717) is 11.3 Å². The molecule has 1 aromatic heterocycles. The van der Waals surface area contributed by atoms with Gasteiger partial charge in [-0.25, -0.2) is 4.98 Å². The lowest BCUT2D eigenvalue weighted by Crippen LogP contribution is -2.32. The van der Waals surface area contributed by atoms with Gasteiger partial charge in [0.2, 0.25) is 5.28 Å². The average molecular weight is 291 g/mol. The Morgan fingerprint density at radius 3 is 3.05 bits per heavy atom. The van der Waals surface area contributed by atoms with Gasteiger partial charge >= 0.3 is 0 Å². The van der Waals surface area contributed by atoms with Crippen LogP contribution in [-0.4, -0.2) is 35.6 Å². The molecule has 0 aliphatic carbocycles. The Bertz CT molecular complexity index is 629. The van der Waals surface area contributed by atoms with Crippen molar-refractivity contribution in [2.24, 2.45) is 0 Å². The van der Waals surface area contributed by atoms with Gasteiger partial charge in [0.15, 0.2) is 0 Å². The molecule has 1 aromatic carbocycles. The van der Waals surface area contributed by atoms with Crippen molar-refractivity contribution in [1.29, 1.82) is 0 Å². The molecular formula is C15H19ClN4. The van der Waals surface area contributed by atoms with E-state index in [0.717, 1.165) is 42.8 Å². The summed E-state index contributed by atoms with van der Waals surface area (Å²) in [6.07, 6.45) is 1.14. The van der Waals surface area contributed by atoms with Crippen molar-refractivity contribution in [3.8, 4) is 0 Å². The number of aromatic nitrogens is 2. The number of aryl methyl sites for hydroxylation is 1. The molecule has 0 saturated carbocycles. The highest BCUT2D eigenvalue weighted by Gasteiger charge is 2.25. The first-order valence-electron chi connectivity index (χ1n) is 7.10. The van der Waals surface area contributed by atoms with Crippen LogP contribution < -0.4 is 10.2 Å². The third-order valence-electron chi connectivity index (χ3n) is 3.87. The lowest BCUT2D eigenvalue weighted by atomic mass is 10.1. The number of fused-ring (bicyclic) bond motifs is 1. The van der Waals surface area contributed by atoms with Crippen LogP contribution in [0.3, 0.4) is 0 Å². The summed E-state index contributed by atoms with van der Waals surface area (Å²) in [6.45, 7) is 7.23. The van der Waals surface area contributed by atoms with Crippen LogP contribution in [0, 0.1) is 6.92 Å². The van der Waals surface area contributed by atoms with Crippen molar-refractivity contribution in [2.75, 3.05) is 24.5 Å². The van der Waals surface area contributed by atoms with E-state index >= 15 is 0 Å². The van der Waals surface area contributed by atoms with Gasteiger partial charge < -0.3 is 10.2 Å². The second-order valence-corrected chi connectivity index (χ2v) is 5.61. The molecule has 1 fully saturated rings. The predicted molar refractivity (Wildman–Crippen MR) is 83.6 cm³/mol. The summed E-state index contributed by atoms with van der Waals surface area (Å²) >= 11 is 6.09. The maximum atomic E-state index is 6.09. The van der Waals surface area contributed by atoms with E-state index in [4.69, 9.17) is 11.6 Å². The number of anilines is 1. The molecule has 0 unspecified atom stereocenters. The summed E-state index contributed by atoms with van der Waals surface area (Å²) in [7, 11) is 0. The summed E-state index contributed by atoms with van der Waals surface area (Å²) in [5, 5.41) is 4.95. The van der Waals surface area contributed by atoms with Crippen LogP contribution in [0.1, 0.15) is 18.9 Å². The number of hydrogen-bond donors (Lipinski definition) is 1. The molecule has 3 rings (SSSR count). The topological polar surface area (TPSA) is 41.0 Å². The van der Waals surface area contributed by atoms with E-state index in [2.05, 4.69) is 40.1 Å². The summed E-state index contributed by atoms with van der Waals surface area (Å²) in [4.78, 5) is 11.1. The highest BCUT2D eigenvalue weighted by Crippen LogP contribution is 2.30. The molecule has 0 bridgehead atoms. The van der Waals surface area contributed by atoms with Crippen LogP contribution in [0.25, 0.3) is 10.9 Å². The van der Waals surface area contributed by atoms with Gasteiger partial charge in [0.05, 0.1) is 5.52 Å². The molecule has 106 valence electrons. The van der Waals surface area contributed by atoms with Crippen molar-refractivity contribution < 1.29 is 0 Å². The predicted octanol–water partition coefficient (Wildman–Crippen LogP) is 2.78. The highest BCUT2D eigenvalue weighted by atomic mass is 35.5. The first kappa shape index (κ1) is 13.6. The fourth-order valence-electron chi connectivity index (χ4n) is 2.94. The Morgan fingerprint density at radius 2 is 2.25 bits per heavy atom. The first-order chi connectivity index (χ1) is 9.69. The second-order valence-electron chi connectivity index (χ2n) is 5.27. The molecular weight excluding hydrogens is 272 g/mol. The Hall–Kier alpha value is -1.39. The lowest BCUT2D eigenvalue weighted by molar-refractivity contribution is 0.571. The number of hydrogen-bond acceptors (Lipinski definition) is 4. The molecule has 1 N–H and O–H groups in total. The molecule has 2 heterocycles. The zero-order chi connectivity index (χ0) is 14.1. The van der Waals surface area contributed by atoms with Crippen molar-refractivity contribution in [1.82, 2.24) is 15.3 Å². The van der Waals surface area contributed by atoms with Gasteiger partial charge in [-0.05, 0) is 43.1 Å². The van der Waals surface area contributed by atoms with Gasteiger partial charge in [0, 0.05) is 24.5 Å². The first-order valence-corrected chi connectivity index (χ1v) is 7.48. The summed E-state index contributed by atoms with van der Waals surface area (Å²) in [5.41, 5.74) is 2.12. The number of benzene rings is 1. The second kappa shape index (κ2) is 5.54. The largest absolute Gasteiger partial charge is 0.354 e. The monoisotopic (exact) mass is 290 g/mol. The highest BCUT2D eigenvalue weighted by molar-refractivity contribution is 6.28. The van der Waals surface area contributed by atoms with Crippen molar-refractivity contribution in [2.45, 2.75) is 26.3 Å². The molecule has 5 heteroatoms. The molecule has 1 saturated heterocycles. The third-order valence-corrected chi connectivity index (χ3v) is 4.03. The van der Waals surface area contributed by atoms with Crippen LogP contribution in [0.2, 0.25) is 5.28 Å². The van der Waals surface area contributed by atoms with E-state index in [1.54, 1.807) is 0 Å². The van der Waals surface area contributed by atoms with Gasteiger partial charge in [0.25, 0.3) is 0 Å². The lowest BCUT2D eigenvalue weighted by Gasteiger charge is -2.20. The SMILES string of the molecule is CCN[C@H]1CCN(c2nc(Cl)nc3cccc(C)c23)C1. The molecule has 20 heavy (non-hydrogen) atoms. The fourth-order valence-corrected chi connectivity index (χ4v) is 3.11. The molecule has 0 spiro atoms. The zero-order valence-corrected chi connectivity index (χ0v) is 12.6. The molecule has 4 nitrogen and oxygen atoms in total. The summed E-state index contributed by atoms with van der Waals surface area (Å²) in [5.74, 6) is 0.971. The van der Waals surface area contributed by atoms with E-state index in [1.165, 1.54) is 5.56 Å². The van der Waals surface area contributed by atoms with Crippen molar-refractivity contribution in [3.05, 3.63) is 29.0 Å². The number of nitrogens with zero attached hydrogens (tertiary/aromatic N) is 3. The molecule has 0 amide bonds. The normalized spacial score (nSPS) is 18.9. The minimum atomic E-state index is 0.324. The van der Waals surface area contributed by atoms with Gasteiger partial charge in [0.1, 0.15) is 5.82 Å². The van der Waals surface area contributed by atoms with Crippen LogP contribution in [0.5, 0.6) is 0 Å². The average Bonchev–Trinajstić information content (AvgIpc) is 2.87. The standard InChI is InChI=1S/C15H19ClN4/c1-3-17-11-7-8-20(9-11)14-13-10(2)5-4-6-12(13)18-15(16)19-14/h4-6,11,17H,3,7-9H2,1-2H3/t11-/m0/s1. The number of halogens is 1. The molecule has 1 aliphatic heterocycles. The van der Waals surface area contributed by atoms with Gasteiger partial charge in [-0.15, -0.1) is 0 Å². The Labute approximate surface area is 124 Å². The Morgan fingerprint density at radius 1 is 1.40 bits per heavy atom. The van der Waals surface area contributed by atoms with Gasteiger partial charge in [-0.2, -0.15) is 4.98 Å². The van der Waals surface area contributed by atoms with Crippen molar-refractivity contribution in [3.63, 3.8) is 0 Å². The van der Waals surface area contributed by atoms with E-state index in [9.17, 15) is 0 Å². The van der Waals surface area contributed by atoms with Crippen LogP contribution >= 0.6 is 11.6 Å². The third kappa shape index (κ3) is 2.45. The van der Waals surface area contributed by atoms with Crippen LogP contribution in [0.4, 0.5) is 5.82 Å². The molecule has 1 atom stereocenters. The number of rotatable bonds is 3. The number of nitrogens with one attached hydrogen (secondary N) is 1. The zero-order valence-electron chi connectivity index (χ0n) is 11.9. The Balaban J connectivity index is 2.03. The molecule has 1 aliphatic rings. The van der Waals surface area contributed by atoms with Gasteiger partial charge in [-0.1, -0.05) is 19.1 Å². The van der Waals surface area contributed by atoms with Crippen LogP contribution in [0.15, 0.2) is 18.2 Å². The minimum Gasteiger partial charge on any atom is -0.354 e. The van der Waals surface area contributed by atoms with E-state index < -0.39 is 0 Å². The maximum Gasteiger partial charge on any atom is 0.224 e. The minimum absolute atomic E-state index is 0.324. The summed E-state index contributed by atoms with van der Waals surface area (Å²) < 4.78 is 0. The van der Waals surface area contributed by atoms with Crippen LogP contribution in [-0.2, 0) is 0 Å².